The van der Waals surface area contributed by atoms with E-state index in [1.54, 1.807) is 20.5 Å². The van der Waals surface area contributed by atoms with Gasteiger partial charge in [-0.15, -0.1) is 0 Å². The van der Waals surface area contributed by atoms with Gasteiger partial charge in [-0.05, 0) is 67.4 Å². The number of aromatic nitrogens is 2. The zero-order valence-electron chi connectivity index (χ0n) is 26.8. The zero-order chi connectivity index (χ0) is 31.3. The van der Waals surface area contributed by atoms with Crippen molar-refractivity contribution in [3.63, 3.8) is 0 Å². The summed E-state index contributed by atoms with van der Waals surface area (Å²) in [6.07, 6.45) is 3.01. The SMILES string of the molecule is CCc1cccc(CC)c1NC1OC1N(c1ccc(N2CCN(C)CC2)cc1)c1cc(Nc2ccc(OC)cc2OC)ncn1. The molecule has 3 aromatic carbocycles. The number of epoxide rings is 1. The van der Waals surface area contributed by atoms with Gasteiger partial charge in [0, 0.05) is 55.4 Å². The summed E-state index contributed by atoms with van der Waals surface area (Å²) in [4.78, 5) is 16.2. The van der Waals surface area contributed by atoms with Crippen LogP contribution in [0.5, 0.6) is 11.5 Å². The molecule has 1 aromatic heterocycles. The number of rotatable bonds is 12. The number of likely N-dealkylation sites (N-methyl/N-ethyl adjacent to an activating group) is 1. The highest BCUT2D eigenvalue weighted by atomic mass is 16.6. The zero-order valence-corrected chi connectivity index (χ0v) is 26.8. The highest BCUT2D eigenvalue weighted by Crippen LogP contribution is 2.40. The molecule has 0 saturated carbocycles. The lowest BCUT2D eigenvalue weighted by molar-refractivity contribution is 0.313. The van der Waals surface area contributed by atoms with Crippen LogP contribution in [0, 0.1) is 0 Å². The predicted octanol–water partition coefficient (Wildman–Crippen LogP) is 6.05. The van der Waals surface area contributed by atoms with E-state index in [4.69, 9.17) is 19.2 Å². The van der Waals surface area contributed by atoms with Gasteiger partial charge in [-0.1, -0.05) is 32.0 Å². The van der Waals surface area contributed by atoms with E-state index >= 15 is 0 Å². The second kappa shape index (κ2) is 13.6. The van der Waals surface area contributed by atoms with Gasteiger partial charge < -0.3 is 34.6 Å². The molecule has 2 fully saturated rings. The molecule has 0 radical (unpaired) electrons. The quantitative estimate of drug-likeness (QED) is 0.185. The minimum atomic E-state index is -0.257. The summed E-state index contributed by atoms with van der Waals surface area (Å²) in [5.74, 6) is 2.73. The van der Waals surface area contributed by atoms with Gasteiger partial charge in [0.25, 0.3) is 0 Å². The number of hydrogen-bond acceptors (Lipinski definition) is 10. The number of piperazine rings is 1. The minimum Gasteiger partial charge on any atom is -0.497 e. The van der Waals surface area contributed by atoms with Crippen LogP contribution in [0.4, 0.5) is 34.4 Å². The third kappa shape index (κ3) is 6.77. The second-order valence-corrected chi connectivity index (χ2v) is 11.4. The average Bonchev–Trinajstić information content (AvgIpc) is 3.84. The fourth-order valence-corrected chi connectivity index (χ4v) is 5.86. The topological polar surface area (TPSA) is 90.6 Å². The molecule has 0 bridgehead atoms. The van der Waals surface area contributed by atoms with Crippen molar-refractivity contribution in [1.82, 2.24) is 14.9 Å². The molecule has 2 aliphatic rings. The van der Waals surface area contributed by atoms with Gasteiger partial charge in [0.1, 0.15) is 29.5 Å². The summed E-state index contributed by atoms with van der Waals surface area (Å²) in [5, 5.41) is 7.10. The molecule has 2 aliphatic heterocycles. The molecule has 2 atom stereocenters. The molecule has 236 valence electrons. The van der Waals surface area contributed by atoms with Crippen LogP contribution in [0.3, 0.4) is 0 Å². The number of para-hydroxylation sites is 1. The van der Waals surface area contributed by atoms with Crippen LogP contribution in [-0.4, -0.2) is 74.8 Å². The lowest BCUT2D eigenvalue weighted by Gasteiger charge is -2.34. The highest BCUT2D eigenvalue weighted by Gasteiger charge is 2.46. The third-order valence-electron chi connectivity index (χ3n) is 8.58. The van der Waals surface area contributed by atoms with E-state index in [2.05, 4.69) is 93.7 Å². The van der Waals surface area contributed by atoms with Crippen molar-refractivity contribution in [3.8, 4) is 11.5 Å². The molecule has 10 heteroatoms. The van der Waals surface area contributed by atoms with Crippen molar-refractivity contribution >= 4 is 34.4 Å². The Labute approximate surface area is 265 Å². The normalized spacial score (nSPS) is 17.9. The molecule has 6 rings (SSSR count). The largest absolute Gasteiger partial charge is 0.497 e. The number of hydrogen-bond donors (Lipinski definition) is 2. The lowest BCUT2D eigenvalue weighted by Crippen LogP contribution is -2.44. The van der Waals surface area contributed by atoms with Crippen molar-refractivity contribution in [3.05, 3.63) is 84.2 Å². The average molecular weight is 610 g/mol. The molecule has 10 nitrogen and oxygen atoms in total. The van der Waals surface area contributed by atoms with E-state index in [1.807, 2.05) is 24.3 Å². The Hall–Kier alpha value is -4.54. The number of methoxy groups -OCH3 is 2. The van der Waals surface area contributed by atoms with Crippen molar-refractivity contribution in [1.29, 1.82) is 0 Å². The Morgan fingerprint density at radius 3 is 2.29 bits per heavy atom. The molecule has 2 N–H and O–H groups in total. The maximum atomic E-state index is 6.35. The van der Waals surface area contributed by atoms with Gasteiger partial charge in [-0.2, -0.15) is 0 Å². The van der Waals surface area contributed by atoms with Gasteiger partial charge in [0.05, 0.1) is 19.9 Å². The molecule has 3 heterocycles. The summed E-state index contributed by atoms with van der Waals surface area (Å²) < 4.78 is 17.3. The van der Waals surface area contributed by atoms with Gasteiger partial charge >= 0.3 is 0 Å². The third-order valence-corrected chi connectivity index (χ3v) is 8.58. The molecule has 2 unspecified atom stereocenters. The molecule has 2 saturated heterocycles. The van der Waals surface area contributed by atoms with Crippen molar-refractivity contribution < 1.29 is 14.2 Å². The Bertz CT molecular complexity index is 1570. The first-order chi connectivity index (χ1) is 22.0. The molecule has 0 aliphatic carbocycles. The van der Waals surface area contributed by atoms with E-state index in [9.17, 15) is 0 Å². The van der Waals surface area contributed by atoms with Crippen molar-refractivity contribution in [2.75, 3.05) is 67.9 Å². The van der Waals surface area contributed by atoms with E-state index < -0.39 is 0 Å². The number of nitrogens with one attached hydrogen (secondary N) is 2. The summed E-state index contributed by atoms with van der Waals surface area (Å²) in [6.45, 7) is 8.53. The molecule has 0 spiro atoms. The van der Waals surface area contributed by atoms with Crippen LogP contribution in [0.1, 0.15) is 25.0 Å². The first kappa shape index (κ1) is 30.5. The number of nitrogens with zero attached hydrogens (tertiary/aromatic N) is 5. The Kier molecular flexibility index (Phi) is 9.23. The van der Waals surface area contributed by atoms with Gasteiger partial charge in [0.2, 0.25) is 0 Å². The number of benzene rings is 3. The van der Waals surface area contributed by atoms with Crippen LogP contribution >= 0.6 is 0 Å². The standard InChI is InChI=1S/C35H43N7O3/c1-6-24-9-8-10-25(7-2)33(24)39-34-35(45-34)42(27-13-11-26(12-14-27)41-19-17-40(3)18-20-41)32-22-31(36-23-37-32)38-29-16-15-28(43-4)21-30(29)44-5/h8-16,21-23,34-35,39H,6-7,17-20H2,1-5H3,(H,36,37,38). The smallest absolute Gasteiger partial charge is 0.183 e. The van der Waals surface area contributed by atoms with Gasteiger partial charge in [-0.25, -0.2) is 9.97 Å². The van der Waals surface area contributed by atoms with E-state index in [0.717, 1.165) is 61.9 Å². The van der Waals surface area contributed by atoms with E-state index in [0.29, 0.717) is 17.3 Å². The monoisotopic (exact) mass is 609 g/mol. The van der Waals surface area contributed by atoms with Crippen LogP contribution in [0.25, 0.3) is 0 Å². The molecule has 0 amide bonds. The van der Waals surface area contributed by atoms with Crippen LogP contribution in [0.2, 0.25) is 0 Å². The van der Waals surface area contributed by atoms with Crippen molar-refractivity contribution in [2.24, 2.45) is 0 Å². The maximum Gasteiger partial charge on any atom is 0.183 e. The number of aryl methyl sites for hydroxylation is 2. The summed E-state index contributed by atoms with van der Waals surface area (Å²) >= 11 is 0. The second-order valence-electron chi connectivity index (χ2n) is 11.4. The number of ether oxygens (including phenoxy) is 3. The maximum absolute atomic E-state index is 6.35. The van der Waals surface area contributed by atoms with Crippen molar-refractivity contribution in [2.45, 2.75) is 39.1 Å². The van der Waals surface area contributed by atoms with Gasteiger partial charge in [-0.3, -0.25) is 4.90 Å². The first-order valence-corrected chi connectivity index (χ1v) is 15.7. The van der Waals surface area contributed by atoms with Crippen LogP contribution in [-0.2, 0) is 17.6 Å². The molecule has 45 heavy (non-hydrogen) atoms. The minimum absolute atomic E-state index is 0.201. The first-order valence-electron chi connectivity index (χ1n) is 15.7. The Morgan fingerprint density at radius 2 is 1.62 bits per heavy atom. The summed E-state index contributed by atoms with van der Waals surface area (Å²) in [5.41, 5.74) is 6.73. The summed E-state index contributed by atoms with van der Waals surface area (Å²) in [6, 6.07) is 22.8. The Balaban J connectivity index is 1.30. The highest BCUT2D eigenvalue weighted by molar-refractivity contribution is 5.71. The fourth-order valence-electron chi connectivity index (χ4n) is 5.86. The van der Waals surface area contributed by atoms with E-state index in [-0.39, 0.29) is 12.5 Å². The molecule has 4 aromatic rings. The molecular weight excluding hydrogens is 566 g/mol. The van der Waals surface area contributed by atoms with Crippen LogP contribution in [0.15, 0.2) is 73.1 Å². The fraction of sp³-hybridized carbons (Fsp3) is 0.371. The Morgan fingerprint density at radius 1 is 0.889 bits per heavy atom. The van der Waals surface area contributed by atoms with Gasteiger partial charge in [0.15, 0.2) is 12.5 Å². The molecular formula is C35H43N7O3. The lowest BCUT2D eigenvalue weighted by atomic mass is 10.0. The predicted molar refractivity (Wildman–Crippen MR) is 181 cm³/mol. The van der Waals surface area contributed by atoms with Crippen LogP contribution < -0.4 is 29.9 Å². The van der Waals surface area contributed by atoms with E-state index in [1.165, 1.54) is 16.8 Å². The summed E-state index contributed by atoms with van der Waals surface area (Å²) in [7, 11) is 5.45. The number of anilines is 6.